The largest absolute Gasteiger partial charge is 0.434 e. The zero-order chi connectivity index (χ0) is 22.5. The first-order chi connectivity index (χ1) is 14.6. The molecule has 156 valence electrons. The Morgan fingerprint density at radius 1 is 1.16 bits per heavy atom. The average Bonchev–Trinajstić information content (AvgIpc) is 2.93. The van der Waals surface area contributed by atoms with E-state index < -0.39 is 11.4 Å². The third-order valence-electron chi connectivity index (χ3n) is 4.72. The molecule has 0 radical (unpaired) electrons. The molecule has 4 rings (SSSR count). The molecule has 12 heteroatoms. The Kier molecular flexibility index (Phi) is 4.80. The lowest BCUT2D eigenvalue weighted by molar-refractivity contribution is -0.119. The number of carbonyl (C=O) groups excluding carboxylic acids is 2. The molecular weight excluding hydrogens is 445 g/mol. The lowest BCUT2D eigenvalue weighted by Crippen LogP contribution is -2.42. The van der Waals surface area contributed by atoms with Gasteiger partial charge in [0.2, 0.25) is 11.8 Å². The monoisotopic (exact) mass is 457 g/mol. The summed E-state index contributed by atoms with van der Waals surface area (Å²) in [6.45, 7) is 7.06. The number of rotatable bonds is 3. The van der Waals surface area contributed by atoms with E-state index in [1.54, 1.807) is 19.9 Å². The van der Waals surface area contributed by atoms with Crippen LogP contribution < -0.4 is 20.4 Å². The van der Waals surface area contributed by atoms with Crippen LogP contribution in [-0.2, 0) is 10.2 Å². The predicted molar refractivity (Wildman–Crippen MR) is 113 cm³/mol. The number of carbonyl (C=O) groups is 2. The highest BCUT2D eigenvalue weighted by Crippen LogP contribution is 2.42. The van der Waals surface area contributed by atoms with E-state index in [9.17, 15) is 9.59 Å². The van der Waals surface area contributed by atoms with Gasteiger partial charge in [-0.3, -0.25) is 4.79 Å². The summed E-state index contributed by atoms with van der Waals surface area (Å²) in [6, 6.07) is 5.57. The first-order valence-electron chi connectivity index (χ1n) is 8.77. The van der Waals surface area contributed by atoms with Crippen molar-refractivity contribution in [3.63, 3.8) is 0 Å². The summed E-state index contributed by atoms with van der Waals surface area (Å²) in [5.41, 5.74) is 0.0486. The van der Waals surface area contributed by atoms with Gasteiger partial charge in [-0.15, -0.1) is 10.2 Å². The van der Waals surface area contributed by atoms with Gasteiger partial charge in [0.25, 0.3) is 0 Å². The van der Waals surface area contributed by atoms with Gasteiger partial charge in [0.1, 0.15) is 6.07 Å². The molecule has 1 aromatic heterocycles. The van der Waals surface area contributed by atoms with Gasteiger partial charge in [-0.2, -0.15) is 15.4 Å². The maximum Gasteiger partial charge on any atom is 0.347 e. The van der Waals surface area contributed by atoms with Crippen LogP contribution in [0.25, 0.3) is 0 Å². The summed E-state index contributed by atoms with van der Waals surface area (Å²) in [7, 11) is 0. The Bertz CT molecular complexity index is 1230. The molecule has 3 amide bonds. The highest BCUT2D eigenvalue weighted by Gasteiger charge is 2.40. The average molecular weight is 458 g/mol. The number of allylic oxidation sites excluding steroid dienone is 1. The molecule has 0 spiro atoms. The zero-order valence-electron chi connectivity index (χ0n) is 16.2. The molecule has 2 N–H and O–H groups in total. The summed E-state index contributed by atoms with van der Waals surface area (Å²) >= 11 is 12.7. The first kappa shape index (κ1) is 20.6. The molecule has 0 fully saturated rings. The predicted octanol–water partition coefficient (Wildman–Crippen LogP) is 3.73. The molecule has 0 aliphatic carbocycles. The number of nitrogens with one attached hydrogen (secondary N) is 2. The van der Waals surface area contributed by atoms with Crippen molar-refractivity contribution in [1.29, 1.82) is 5.26 Å². The van der Waals surface area contributed by atoms with Crippen molar-refractivity contribution >= 4 is 52.4 Å². The van der Waals surface area contributed by atoms with Crippen LogP contribution in [0.5, 0.6) is 11.6 Å². The van der Waals surface area contributed by atoms with Gasteiger partial charge in [-0.25, -0.2) is 4.79 Å². The first-order valence-corrected chi connectivity index (χ1v) is 9.53. The molecule has 0 bridgehead atoms. The van der Waals surface area contributed by atoms with Gasteiger partial charge in [0, 0.05) is 11.6 Å². The number of benzene rings is 1. The Hall–Kier alpha value is -3.68. The van der Waals surface area contributed by atoms with E-state index in [0.29, 0.717) is 11.4 Å². The summed E-state index contributed by atoms with van der Waals surface area (Å²) in [6.07, 6.45) is 0. The number of nitrogens with zero attached hydrogens (tertiary/aromatic N) is 5. The number of amides is 3. The molecular formula is C19H13Cl2N7O3. The van der Waals surface area contributed by atoms with Crippen LogP contribution in [0.3, 0.4) is 0 Å². The fraction of sp³-hybridized carbons (Fsp3) is 0.158. The molecule has 0 saturated heterocycles. The number of hydrogen-bond donors (Lipinski definition) is 2. The SMILES string of the molecule is C=C1NC(=O)N(c2cc(Cl)c(Oc3cc4c(nn3)NC(=O)C4(C)C)c(Cl)c2)N=C1C#N. The fourth-order valence-corrected chi connectivity index (χ4v) is 3.51. The molecule has 1 aromatic carbocycles. The van der Waals surface area contributed by atoms with Crippen molar-refractivity contribution in [2.45, 2.75) is 19.3 Å². The minimum absolute atomic E-state index is 0.0594. The number of ether oxygens (including phenoxy) is 1. The van der Waals surface area contributed by atoms with E-state index >= 15 is 0 Å². The topological polar surface area (TPSA) is 133 Å². The third kappa shape index (κ3) is 3.43. The number of anilines is 2. The molecule has 0 saturated carbocycles. The van der Waals surface area contributed by atoms with Gasteiger partial charge in [0.15, 0.2) is 17.3 Å². The van der Waals surface area contributed by atoms with Gasteiger partial charge in [0.05, 0.1) is 26.8 Å². The van der Waals surface area contributed by atoms with Crippen LogP contribution in [0.15, 0.2) is 35.6 Å². The lowest BCUT2D eigenvalue weighted by Gasteiger charge is -2.24. The number of halogens is 2. The summed E-state index contributed by atoms with van der Waals surface area (Å²) in [5, 5.41) is 27.1. The Morgan fingerprint density at radius 3 is 2.48 bits per heavy atom. The molecule has 0 atom stereocenters. The second kappa shape index (κ2) is 7.23. The van der Waals surface area contributed by atoms with Crippen molar-refractivity contribution in [2.75, 3.05) is 10.3 Å². The summed E-state index contributed by atoms with van der Waals surface area (Å²) in [5.74, 6) is 0.312. The summed E-state index contributed by atoms with van der Waals surface area (Å²) < 4.78 is 5.72. The van der Waals surface area contributed by atoms with Gasteiger partial charge < -0.3 is 15.4 Å². The van der Waals surface area contributed by atoms with E-state index in [0.717, 1.165) is 5.01 Å². The van der Waals surface area contributed by atoms with Crippen molar-refractivity contribution in [3.05, 3.63) is 46.1 Å². The minimum atomic E-state index is -0.803. The number of nitriles is 1. The highest BCUT2D eigenvalue weighted by atomic mass is 35.5. The normalized spacial score (nSPS) is 16.8. The second-order valence-electron chi connectivity index (χ2n) is 7.15. The third-order valence-corrected chi connectivity index (χ3v) is 5.28. The van der Waals surface area contributed by atoms with E-state index in [-0.39, 0.29) is 44.7 Å². The van der Waals surface area contributed by atoms with Gasteiger partial charge in [-0.05, 0) is 26.0 Å². The molecule has 2 aliphatic rings. The number of aromatic nitrogens is 2. The molecule has 3 heterocycles. The number of hydrogen-bond acceptors (Lipinski definition) is 7. The summed E-state index contributed by atoms with van der Waals surface area (Å²) in [4.78, 5) is 24.3. The Morgan fingerprint density at radius 2 is 1.84 bits per heavy atom. The maximum absolute atomic E-state index is 12.2. The van der Waals surface area contributed by atoms with E-state index in [2.05, 4.69) is 32.5 Å². The quantitative estimate of drug-likeness (QED) is 0.720. The highest BCUT2D eigenvalue weighted by molar-refractivity contribution is 6.37. The Labute approximate surface area is 186 Å². The number of urea groups is 1. The van der Waals surface area contributed by atoms with E-state index in [1.165, 1.54) is 12.1 Å². The van der Waals surface area contributed by atoms with Crippen LogP contribution in [0, 0.1) is 11.3 Å². The molecule has 10 nitrogen and oxygen atoms in total. The molecule has 2 aliphatic heterocycles. The van der Waals surface area contributed by atoms with E-state index in [1.807, 2.05) is 6.07 Å². The van der Waals surface area contributed by atoms with Crippen LogP contribution in [0.1, 0.15) is 19.4 Å². The van der Waals surface area contributed by atoms with Crippen molar-refractivity contribution in [2.24, 2.45) is 5.10 Å². The van der Waals surface area contributed by atoms with Gasteiger partial charge >= 0.3 is 6.03 Å². The minimum Gasteiger partial charge on any atom is -0.434 e. The smallest absolute Gasteiger partial charge is 0.347 e. The standard InChI is InChI=1S/C19H13Cl2N7O3/c1-8-13(7-22)27-28(18(30)23-8)9-4-11(20)15(12(21)5-9)31-14-6-10-16(26-25-14)24-17(29)19(10,2)3/h4-6H,1H2,2-3H3,(H,23,30)(H,24,26,29). The van der Waals surface area contributed by atoms with Gasteiger partial charge in [-0.1, -0.05) is 29.8 Å². The van der Waals surface area contributed by atoms with E-state index in [4.69, 9.17) is 33.2 Å². The number of fused-ring (bicyclic) bond motifs is 1. The van der Waals surface area contributed by atoms with Crippen LogP contribution in [0.2, 0.25) is 10.0 Å². The second-order valence-corrected chi connectivity index (χ2v) is 7.96. The van der Waals surface area contributed by atoms with Crippen molar-refractivity contribution in [3.8, 4) is 17.7 Å². The van der Waals surface area contributed by atoms with Crippen molar-refractivity contribution < 1.29 is 14.3 Å². The van der Waals surface area contributed by atoms with Crippen LogP contribution in [0.4, 0.5) is 16.3 Å². The molecule has 2 aromatic rings. The number of hydrazone groups is 1. The van der Waals surface area contributed by atoms with Crippen LogP contribution in [-0.4, -0.2) is 27.8 Å². The fourth-order valence-electron chi connectivity index (χ4n) is 2.96. The lowest BCUT2D eigenvalue weighted by atomic mass is 9.87. The molecule has 0 unspecified atom stereocenters. The Balaban J connectivity index is 1.67. The zero-order valence-corrected chi connectivity index (χ0v) is 17.7. The van der Waals surface area contributed by atoms with Crippen LogP contribution >= 0.6 is 23.2 Å². The van der Waals surface area contributed by atoms with Crippen molar-refractivity contribution in [1.82, 2.24) is 15.5 Å². The maximum atomic E-state index is 12.2. The molecule has 31 heavy (non-hydrogen) atoms.